The number of halogens is 1. The molecule has 0 radical (unpaired) electrons. The van der Waals surface area contributed by atoms with Crippen molar-refractivity contribution < 1.29 is 9.53 Å². The first-order chi connectivity index (χ1) is 15.7. The number of methoxy groups -OCH3 is 1. The number of aliphatic imine (C=N–C) groups is 1. The van der Waals surface area contributed by atoms with Crippen LogP contribution in [0.1, 0.15) is 28.4 Å². The van der Waals surface area contributed by atoms with Crippen molar-refractivity contribution in [3.8, 4) is 5.75 Å². The summed E-state index contributed by atoms with van der Waals surface area (Å²) >= 11 is 0. The standard InChI is InChI=1S/C24H30N6O2.HI/c1-3-25-24(27-15-14-26-23(31)19-9-11-22(32-2)12-10-19)28-17-20-7-4-5-8-21(20)18-30-16-6-13-29-30;/h4-13,16H,3,14-15,17-18H2,1-2H3,(H,26,31)(H2,25,27,28);1H. The molecule has 2 aromatic carbocycles. The van der Waals surface area contributed by atoms with Crippen LogP contribution in [0.4, 0.5) is 0 Å². The van der Waals surface area contributed by atoms with Gasteiger partial charge in [-0.1, -0.05) is 24.3 Å². The lowest BCUT2D eigenvalue weighted by Crippen LogP contribution is -2.41. The second-order valence-electron chi connectivity index (χ2n) is 7.08. The molecule has 0 aliphatic carbocycles. The first kappa shape index (κ1) is 26.2. The Morgan fingerprint density at radius 3 is 2.39 bits per heavy atom. The third-order valence-electron chi connectivity index (χ3n) is 4.82. The Morgan fingerprint density at radius 1 is 1.00 bits per heavy atom. The molecule has 1 aromatic heterocycles. The minimum atomic E-state index is -0.121. The Labute approximate surface area is 211 Å². The van der Waals surface area contributed by atoms with Gasteiger partial charge in [0.25, 0.3) is 5.91 Å². The summed E-state index contributed by atoms with van der Waals surface area (Å²) in [6, 6.07) is 17.2. The number of nitrogens with one attached hydrogen (secondary N) is 3. The Balaban J connectivity index is 0.00000385. The highest BCUT2D eigenvalue weighted by atomic mass is 127. The number of hydrogen-bond donors (Lipinski definition) is 3. The number of ether oxygens (including phenoxy) is 1. The van der Waals surface area contributed by atoms with Gasteiger partial charge in [0.2, 0.25) is 0 Å². The van der Waals surface area contributed by atoms with Crippen molar-refractivity contribution in [1.29, 1.82) is 0 Å². The number of nitrogens with zero attached hydrogens (tertiary/aromatic N) is 3. The SMILES string of the molecule is CCNC(=NCc1ccccc1Cn1cccn1)NCCNC(=O)c1ccc(OC)cc1.I. The summed E-state index contributed by atoms with van der Waals surface area (Å²) in [7, 11) is 1.60. The molecule has 176 valence electrons. The zero-order valence-corrected chi connectivity index (χ0v) is 21.3. The Morgan fingerprint density at radius 2 is 1.73 bits per heavy atom. The molecule has 0 unspecified atom stereocenters. The number of guanidine groups is 1. The molecule has 0 saturated heterocycles. The zero-order valence-electron chi connectivity index (χ0n) is 19.0. The van der Waals surface area contributed by atoms with Crippen LogP contribution in [0, 0.1) is 0 Å². The zero-order chi connectivity index (χ0) is 22.6. The molecule has 8 nitrogen and oxygen atoms in total. The molecular formula is C24H31IN6O2. The van der Waals surface area contributed by atoms with Gasteiger partial charge in [-0.15, -0.1) is 24.0 Å². The van der Waals surface area contributed by atoms with E-state index in [1.807, 2.05) is 36.0 Å². The normalized spacial score (nSPS) is 10.8. The molecule has 3 rings (SSSR count). The van der Waals surface area contributed by atoms with E-state index in [0.29, 0.717) is 37.7 Å². The van der Waals surface area contributed by atoms with Gasteiger partial charge in [0.15, 0.2) is 5.96 Å². The van der Waals surface area contributed by atoms with Gasteiger partial charge in [0, 0.05) is 37.6 Å². The summed E-state index contributed by atoms with van der Waals surface area (Å²) in [6.07, 6.45) is 3.73. The van der Waals surface area contributed by atoms with Crippen LogP contribution in [0.2, 0.25) is 0 Å². The van der Waals surface area contributed by atoms with Crippen LogP contribution in [-0.2, 0) is 13.1 Å². The van der Waals surface area contributed by atoms with Crippen molar-refractivity contribution in [2.24, 2.45) is 4.99 Å². The predicted octanol–water partition coefficient (Wildman–Crippen LogP) is 3.04. The van der Waals surface area contributed by atoms with Crippen LogP contribution in [0.25, 0.3) is 0 Å². The van der Waals surface area contributed by atoms with E-state index in [4.69, 9.17) is 9.73 Å². The largest absolute Gasteiger partial charge is 0.497 e. The lowest BCUT2D eigenvalue weighted by atomic mass is 10.1. The van der Waals surface area contributed by atoms with Gasteiger partial charge in [-0.05, 0) is 48.4 Å². The first-order valence-electron chi connectivity index (χ1n) is 10.7. The number of hydrogen-bond acceptors (Lipinski definition) is 4. The van der Waals surface area contributed by atoms with Crippen molar-refractivity contribution in [2.75, 3.05) is 26.7 Å². The van der Waals surface area contributed by atoms with Gasteiger partial charge < -0.3 is 20.7 Å². The van der Waals surface area contributed by atoms with Crippen LogP contribution >= 0.6 is 24.0 Å². The van der Waals surface area contributed by atoms with Crippen molar-refractivity contribution in [3.63, 3.8) is 0 Å². The van der Waals surface area contributed by atoms with E-state index in [1.54, 1.807) is 37.6 Å². The summed E-state index contributed by atoms with van der Waals surface area (Å²) in [5.74, 6) is 1.31. The minimum absolute atomic E-state index is 0. The molecule has 0 aliphatic rings. The van der Waals surface area contributed by atoms with Gasteiger partial charge in [-0.3, -0.25) is 9.48 Å². The molecule has 0 bridgehead atoms. The second kappa shape index (κ2) is 14.1. The maximum Gasteiger partial charge on any atom is 0.251 e. The van der Waals surface area contributed by atoms with E-state index in [-0.39, 0.29) is 29.9 Å². The number of amides is 1. The summed E-state index contributed by atoms with van der Waals surface area (Å²) in [5.41, 5.74) is 2.93. The van der Waals surface area contributed by atoms with Crippen LogP contribution in [-0.4, -0.2) is 48.4 Å². The van der Waals surface area contributed by atoms with Crippen molar-refractivity contribution in [2.45, 2.75) is 20.0 Å². The molecule has 0 atom stereocenters. The fraction of sp³-hybridized carbons (Fsp3) is 0.292. The summed E-state index contributed by atoms with van der Waals surface area (Å²) in [5, 5.41) is 13.7. The predicted molar refractivity (Wildman–Crippen MR) is 141 cm³/mol. The minimum Gasteiger partial charge on any atom is -0.497 e. The van der Waals surface area contributed by atoms with Crippen molar-refractivity contribution in [1.82, 2.24) is 25.7 Å². The number of benzene rings is 2. The molecule has 0 aliphatic heterocycles. The maximum absolute atomic E-state index is 12.3. The number of aromatic nitrogens is 2. The third kappa shape index (κ3) is 8.41. The van der Waals surface area contributed by atoms with E-state index in [0.717, 1.165) is 17.9 Å². The molecule has 1 amide bonds. The molecule has 0 fully saturated rings. The Hall–Kier alpha value is -3.08. The van der Waals surface area contributed by atoms with Gasteiger partial charge in [-0.25, -0.2) is 4.99 Å². The molecule has 0 spiro atoms. The molecule has 9 heteroatoms. The molecular weight excluding hydrogens is 531 g/mol. The maximum atomic E-state index is 12.3. The monoisotopic (exact) mass is 562 g/mol. The Kier molecular flexibility index (Phi) is 11.2. The van der Waals surface area contributed by atoms with Crippen molar-refractivity contribution >= 4 is 35.8 Å². The fourth-order valence-electron chi connectivity index (χ4n) is 3.14. The Bertz CT molecular complexity index is 1010. The quantitative estimate of drug-likeness (QED) is 0.153. The lowest BCUT2D eigenvalue weighted by Gasteiger charge is -2.13. The summed E-state index contributed by atoms with van der Waals surface area (Å²) < 4.78 is 7.02. The fourth-order valence-corrected chi connectivity index (χ4v) is 3.14. The highest BCUT2D eigenvalue weighted by molar-refractivity contribution is 14.0. The van der Waals surface area contributed by atoms with E-state index < -0.39 is 0 Å². The lowest BCUT2D eigenvalue weighted by molar-refractivity contribution is 0.0954. The highest BCUT2D eigenvalue weighted by Gasteiger charge is 2.06. The van der Waals surface area contributed by atoms with Gasteiger partial charge in [0.05, 0.1) is 20.2 Å². The topological polar surface area (TPSA) is 92.6 Å². The van der Waals surface area contributed by atoms with Gasteiger partial charge in [-0.2, -0.15) is 5.10 Å². The molecule has 3 N–H and O–H groups in total. The van der Waals surface area contributed by atoms with Gasteiger partial charge >= 0.3 is 0 Å². The summed E-state index contributed by atoms with van der Waals surface area (Å²) in [6.45, 7) is 5.06. The van der Waals surface area contributed by atoms with Crippen LogP contribution in [0.15, 0.2) is 72.0 Å². The van der Waals surface area contributed by atoms with E-state index >= 15 is 0 Å². The second-order valence-corrected chi connectivity index (χ2v) is 7.08. The average molecular weight is 562 g/mol. The number of carbonyl (C=O) groups is 1. The van der Waals surface area contributed by atoms with E-state index in [1.165, 1.54) is 5.56 Å². The number of carbonyl (C=O) groups excluding carboxylic acids is 1. The van der Waals surface area contributed by atoms with Crippen molar-refractivity contribution in [3.05, 3.63) is 83.7 Å². The average Bonchev–Trinajstić information content (AvgIpc) is 3.34. The first-order valence-corrected chi connectivity index (χ1v) is 10.7. The molecule has 3 aromatic rings. The van der Waals surface area contributed by atoms with Crippen LogP contribution < -0.4 is 20.7 Å². The van der Waals surface area contributed by atoms with E-state index in [9.17, 15) is 4.79 Å². The van der Waals surface area contributed by atoms with Gasteiger partial charge in [0.1, 0.15) is 5.75 Å². The smallest absolute Gasteiger partial charge is 0.251 e. The molecule has 0 saturated carbocycles. The van der Waals surface area contributed by atoms with Crippen LogP contribution in [0.5, 0.6) is 5.75 Å². The van der Waals surface area contributed by atoms with E-state index in [2.05, 4.69) is 33.2 Å². The third-order valence-corrected chi connectivity index (χ3v) is 4.82. The van der Waals surface area contributed by atoms with Crippen LogP contribution in [0.3, 0.4) is 0 Å². The molecule has 33 heavy (non-hydrogen) atoms. The highest BCUT2D eigenvalue weighted by Crippen LogP contribution is 2.12. The number of rotatable bonds is 10. The molecule has 1 heterocycles. The summed E-state index contributed by atoms with van der Waals surface area (Å²) in [4.78, 5) is 17.0.